The van der Waals surface area contributed by atoms with Crippen LogP contribution >= 0.6 is 0 Å². The Hall–Kier alpha value is -0.810. The van der Waals surface area contributed by atoms with Crippen LogP contribution in [0.3, 0.4) is 0 Å². The molecular weight excluding hydrogens is 791 g/mol. The molecule has 1 saturated heterocycles. The fourth-order valence-electron chi connectivity index (χ4n) is 9.60. The molecule has 0 aliphatic carbocycles. The van der Waals surface area contributed by atoms with Crippen molar-refractivity contribution in [2.75, 3.05) is 6.61 Å². The topological polar surface area (TPSA) is 160 Å². The third-order valence-electron chi connectivity index (χ3n) is 14.0. The molecule has 0 bridgehead atoms. The molecule has 0 aromatic rings. The van der Waals surface area contributed by atoms with Gasteiger partial charge < -0.3 is 40.7 Å². The molecule has 0 saturated carbocycles. The van der Waals surface area contributed by atoms with E-state index in [4.69, 9.17) is 4.74 Å². The van der Waals surface area contributed by atoms with Gasteiger partial charge in [-0.15, -0.1) is 0 Å². The molecule has 1 heterocycles. The van der Waals surface area contributed by atoms with Gasteiger partial charge in [-0.3, -0.25) is 4.79 Å². The molecule has 376 valence electrons. The van der Waals surface area contributed by atoms with Crippen molar-refractivity contribution in [2.45, 2.75) is 332 Å². The molecule has 9 heteroatoms. The number of carbonyl (C=O) groups is 1. The fourth-order valence-corrected chi connectivity index (χ4v) is 9.60. The number of rotatable bonds is 47. The zero-order valence-electron chi connectivity index (χ0n) is 41.5. The molecule has 0 radical (unpaired) electrons. The number of aliphatic hydroxyl groups is 6. The summed E-state index contributed by atoms with van der Waals surface area (Å²) >= 11 is 0. The molecular formula is C54H107NO8. The Morgan fingerprint density at radius 1 is 0.444 bits per heavy atom. The summed E-state index contributed by atoms with van der Waals surface area (Å²) in [5.41, 5.74) is 0. The van der Waals surface area contributed by atoms with E-state index < -0.39 is 55.4 Å². The van der Waals surface area contributed by atoms with Crippen molar-refractivity contribution in [2.24, 2.45) is 0 Å². The molecule has 1 amide bonds. The van der Waals surface area contributed by atoms with Crippen LogP contribution in [0.2, 0.25) is 0 Å². The summed E-state index contributed by atoms with van der Waals surface area (Å²) in [4.78, 5) is 13.1. The molecule has 1 aliphatic rings. The maximum absolute atomic E-state index is 13.1. The quantitative estimate of drug-likeness (QED) is 0.0297. The Labute approximate surface area is 389 Å². The molecule has 7 N–H and O–H groups in total. The van der Waals surface area contributed by atoms with Crippen molar-refractivity contribution in [1.29, 1.82) is 0 Å². The highest BCUT2D eigenvalue weighted by atomic mass is 16.5. The average Bonchev–Trinajstić information content (AvgIpc) is 3.28. The lowest BCUT2D eigenvalue weighted by Gasteiger charge is -2.40. The highest BCUT2D eigenvalue weighted by molar-refractivity contribution is 5.76. The maximum atomic E-state index is 13.1. The van der Waals surface area contributed by atoms with Crippen LogP contribution in [0.5, 0.6) is 0 Å². The Balaban J connectivity index is 2.21. The van der Waals surface area contributed by atoms with Gasteiger partial charge in [-0.05, 0) is 25.7 Å². The van der Waals surface area contributed by atoms with Crippen molar-refractivity contribution < 1.29 is 40.2 Å². The number of amides is 1. The molecule has 0 aromatic carbocycles. The van der Waals surface area contributed by atoms with Gasteiger partial charge in [-0.1, -0.05) is 251 Å². The standard InChI is InChI=1S/C54H107NO8/c1-3-5-7-9-11-13-15-17-18-19-20-21-22-23-24-25-26-27-28-29-30-32-34-36-38-40-42-50(58)55-46(43-44-48-52(60)54(62)53(61)49(45-56)63-48)51(59)47(57)41-39-37-35-33-31-16-14-12-10-8-6-4-2/h46-49,51-54,56-57,59-62H,3-45H2,1-2H3,(H,55,58)/t46-,47+,48-,49?,51-,52?,53-,54+/m0/s1. The molecule has 1 fully saturated rings. The predicted octanol–water partition coefficient (Wildman–Crippen LogP) is 12.5. The zero-order chi connectivity index (χ0) is 46.0. The van der Waals surface area contributed by atoms with E-state index in [1.807, 2.05) is 0 Å². The summed E-state index contributed by atoms with van der Waals surface area (Å²) in [7, 11) is 0. The van der Waals surface area contributed by atoms with Crippen molar-refractivity contribution in [3.8, 4) is 0 Å². The van der Waals surface area contributed by atoms with Gasteiger partial charge >= 0.3 is 0 Å². The lowest BCUT2D eigenvalue weighted by Crippen LogP contribution is -2.59. The molecule has 8 atom stereocenters. The average molecular weight is 898 g/mol. The van der Waals surface area contributed by atoms with Gasteiger partial charge in [0, 0.05) is 6.42 Å². The summed E-state index contributed by atoms with van der Waals surface area (Å²) in [6, 6.07) is -0.763. The summed E-state index contributed by atoms with van der Waals surface area (Å²) in [5.74, 6) is -0.172. The molecule has 1 rings (SSSR count). The van der Waals surface area contributed by atoms with Gasteiger partial charge in [0.25, 0.3) is 0 Å². The first-order chi connectivity index (χ1) is 30.8. The Kier molecular flexibility index (Phi) is 41.8. The number of hydrogen-bond acceptors (Lipinski definition) is 8. The van der Waals surface area contributed by atoms with Crippen LogP contribution in [0.4, 0.5) is 0 Å². The number of unbranched alkanes of at least 4 members (excludes halogenated alkanes) is 36. The van der Waals surface area contributed by atoms with Crippen LogP contribution < -0.4 is 5.32 Å². The molecule has 2 unspecified atom stereocenters. The smallest absolute Gasteiger partial charge is 0.220 e. The number of ether oxygens (including phenoxy) is 1. The SMILES string of the molecule is CCCCCCCCCCCCCCCCCCCCCCCCCCCCC(=O)N[C@@H](CC[C@@H]1OC(CO)[C@H](O)[C@H](O)C1O)[C@H](O)[C@H](O)CCCCCCCCCCCCCC. The van der Waals surface area contributed by atoms with Gasteiger partial charge in [0.15, 0.2) is 0 Å². The van der Waals surface area contributed by atoms with Crippen LogP contribution in [0.15, 0.2) is 0 Å². The van der Waals surface area contributed by atoms with Crippen LogP contribution in [-0.2, 0) is 9.53 Å². The van der Waals surface area contributed by atoms with Gasteiger partial charge in [-0.25, -0.2) is 0 Å². The second-order valence-corrected chi connectivity index (χ2v) is 19.9. The van der Waals surface area contributed by atoms with Crippen LogP contribution in [0.1, 0.15) is 284 Å². The van der Waals surface area contributed by atoms with Crippen molar-refractivity contribution >= 4 is 5.91 Å². The third-order valence-corrected chi connectivity index (χ3v) is 14.0. The van der Waals surface area contributed by atoms with Crippen LogP contribution in [0, 0.1) is 0 Å². The summed E-state index contributed by atoms with van der Waals surface area (Å²) in [6.45, 7) is 4.02. The minimum atomic E-state index is -1.48. The van der Waals surface area contributed by atoms with Crippen molar-refractivity contribution in [1.82, 2.24) is 5.32 Å². The molecule has 0 aromatic heterocycles. The van der Waals surface area contributed by atoms with E-state index >= 15 is 0 Å². The molecule has 0 spiro atoms. The van der Waals surface area contributed by atoms with E-state index in [-0.39, 0.29) is 18.7 Å². The van der Waals surface area contributed by atoms with E-state index in [2.05, 4.69) is 19.2 Å². The number of nitrogens with one attached hydrogen (secondary N) is 1. The first-order valence-corrected chi connectivity index (χ1v) is 27.7. The maximum Gasteiger partial charge on any atom is 0.220 e. The molecule has 63 heavy (non-hydrogen) atoms. The van der Waals surface area contributed by atoms with E-state index in [1.54, 1.807) is 0 Å². The minimum absolute atomic E-state index is 0.161. The number of hydrogen-bond donors (Lipinski definition) is 7. The lowest BCUT2D eigenvalue weighted by molar-refractivity contribution is -0.231. The van der Waals surface area contributed by atoms with Crippen molar-refractivity contribution in [3.05, 3.63) is 0 Å². The highest BCUT2D eigenvalue weighted by Gasteiger charge is 2.43. The first-order valence-electron chi connectivity index (χ1n) is 27.7. The summed E-state index contributed by atoms with van der Waals surface area (Å²) in [5, 5.41) is 65.9. The highest BCUT2D eigenvalue weighted by Crippen LogP contribution is 2.26. The normalized spacial score (nSPS) is 20.5. The Bertz CT molecular complexity index is 970. The molecule has 1 aliphatic heterocycles. The van der Waals surface area contributed by atoms with Gasteiger partial charge in [0.05, 0.1) is 31.0 Å². The van der Waals surface area contributed by atoms with Gasteiger partial charge in [0.1, 0.15) is 24.4 Å². The fraction of sp³-hybridized carbons (Fsp3) is 0.981. The number of aliphatic hydroxyl groups excluding tert-OH is 6. The second kappa shape index (κ2) is 43.7. The monoisotopic (exact) mass is 898 g/mol. The predicted molar refractivity (Wildman–Crippen MR) is 263 cm³/mol. The summed E-state index contributed by atoms with van der Waals surface area (Å²) < 4.78 is 5.69. The van der Waals surface area contributed by atoms with Crippen LogP contribution in [-0.4, -0.2) is 91.9 Å². The van der Waals surface area contributed by atoms with Crippen LogP contribution in [0.25, 0.3) is 0 Å². The lowest BCUT2D eigenvalue weighted by atomic mass is 9.90. The number of carbonyl (C=O) groups excluding carboxylic acids is 1. The zero-order valence-corrected chi connectivity index (χ0v) is 41.5. The van der Waals surface area contributed by atoms with Gasteiger partial charge in [0.2, 0.25) is 5.91 Å². The van der Waals surface area contributed by atoms with E-state index in [9.17, 15) is 35.4 Å². The first kappa shape index (κ1) is 60.2. The van der Waals surface area contributed by atoms with E-state index in [0.717, 1.165) is 38.5 Å². The Morgan fingerprint density at radius 2 is 0.762 bits per heavy atom. The van der Waals surface area contributed by atoms with Crippen molar-refractivity contribution in [3.63, 3.8) is 0 Å². The van der Waals surface area contributed by atoms with E-state index in [1.165, 1.54) is 205 Å². The van der Waals surface area contributed by atoms with Gasteiger partial charge in [-0.2, -0.15) is 0 Å². The summed E-state index contributed by atoms with van der Waals surface area (Å²) in [6.07, 6.45) is 42.0. The second-order valence-electron chi connectivity index (χ2n) is 19.9. The Morgan fingerprint density at radius 3 is 1.11 bits per heavy atom. The largest absolute Gasteiger partial charge is 0.394 e. The third kappa shape index (κ3) is 33.3. The molecule has 9 nitrogen and oxygen atoms in total. The minimum Gasteiger partial charge on any atom is -0.394 e. The van der Waals surface area contributed by atoms with E-state index in [0.29, 0.717) is 12.8 Å².